The van der Waals surface area contributed by atoms with Gasteiger partial charge in [-0.3, -0.25) is 20.3 Å². The van der Waals surface area contributed by atoms with Gasteiger partial charge in [0.05, 0.1) is 17.2 Å². The van der Waals surface area contributed by atoms with Crippen LogP contribution in [0.25, 0.3) is 0 Å². The van der Waals surface area contributed by atoms with Crippen molar-refractivity contribution in [3.63, 3.8) is 0 Å². The van der Waals surface area contributed by atoms with E-state index in [9.17, 15) is 23.6 Å². The molecule has 0 bridgehead atoms. The van der Waals surface area contributed by atoms with Gasteiger partial charge in [-0.25, -0.2) is 8.42 Å². The van der Waals surface area contributed by atoms with E-state index in [4.69, 9.17) is 0 Å². The molecule has 2 heterocycles. The molecule has 2 fully saturated rings. The zero-order valence-corrected chi connectivity index (χ0v) is 13.1. The number of sulfonamides is 1. The van der Waals surface area contributed by atoms with E-state index in [-0.39, 0.29) is 30.3 Å². The number of aliphatic hydroxyl groups excluding tert-OH is 1. The van der Waals surface area contributed by atoms with Crippen LogP contribution in [0, 0.1) is 10.1 Å². The number of rotatable bonds is 4. The highest BCUT2D eigenvalue weighted by molar-refractivity contribution is 7.89. The topological polar surface area (TPSA) is 116 Å². The van der Waals surface area contributed by atoms with Gasteiger partial charge in [0.2, 0.25) is 10.0 Å². The molecule has 1 aromatic carbocycles. The maximum atomic E-state index is 12.8. The Morgan fingerprint density at radius 1 is 1.26 bits per heavy atom. The number of nitrogens with one attached hydrogen (secondary N) is 1. The second-order valence-electron chi connectivity index (χ2n) is 5.67. The van der Waals surface area contributed by atoms with Crippen molar-refractivity contribution in [3.8, 4) is 0 Å². The van der Waals surface area contributed by atoms with E-state index in [1.165, 1.54) is 28.6 Å². The third kappa shape index (κ3) is 3.08. The average molecular weight is 342 g/mol. The molecular weight excluding hydrogens is 324 g/mol. The molecule has 1 atom stereocenters. The molecule has 1 aromatic rings. The van der Waals surface area contributed by atoms with Gasteiger partial charge in [-0.15, -0.1) is 0 Å². The van der Waals surface area contributed by atoms with Crippen molar-refractivity contribution in [2.75, 3.05) is 32.7 Å². The number of likely N-dealkylation sites (tertiary alicyclic amines) is 1. The zero-order chi connectivity index (χ0) is 16.6. The number of hydrogen-bond acceptors (Lipinski definition) is 7. The minimum Gasteiger partial charge on any atom is -0.390 e. The van der Waals surface area contributed by atoms with E-state index < -0.39 is 20.6 Å². The summed E-state index contributed by atoms with van der Waals surface area (Å²) in [6.45, 7) is 1.90. The molecule has 1 unspecified atom stereocenters. The molecule has 0 aliphatic carbocycles. The number of piperazine rings is 1. The fourth-order valence-electron chi connectivity index (χ4n) is 2.88. The Labute approximate surface area is 133 Å². The maximum absolute atomic E-state index is 12.8. The molecule has 0 amide bonds. The molecule has 2 saturated heterocycles. The SMILES string of the molecule is O=[N+]([O-])c1ccccc1S(=O)(=O)N1CCNC(N2CC(O)C2)C1. The standard InChI is InChI=1S/C13H18N4O5S/c18-10-7-15(8-10)13-9-16(6-5-14-13)23(21,22)12-4-2-1-3-11(12)17(19)20/h1-4,10,13-14,18H,5-9H2. The first-order valence-corrected chi connectivity index (χ1v) is 8.72. The van der Waals surface area contributed by atoms with Gasteiger partial charge in [-0.2, -0.15) is 4.31 Å². The Hall–Kier alpha value is -1.59. The average Bonchev–Trinajstić information content (AvgIpc) is 2.52. The predicted molar refractivity (Wildman–Crippen MR) is 81.2 cm³/mol. The Bertz CT molecular complexity index is 704. The lowest BCUT2D eigenvalue weighted by Crippen LogP contribution is -2.66. The number of hydrogen-bond donors (Lipinski definition) is 2. The number of β-amino-alcohol motifs (C(OH)–C–C–N with tert-alkyl or cyclic N) is 1. The summed E-state index contributed by atoms with van der Waals surface area (Å²) in [6, 6.07) is 5.38. The summed E-state index contributed by atoms with van der Waals surface area (Å²) < 4.78 is 26.8. The van der Waals surface area contributed by atoms with Gasteiger partial charge >= 0.3 is 0 Å². The van der Waals surface area contributed by atoms with Gasteiger partial charge in [0.1, 0.15) is 0 Å². The smallest absolute Gasteiger partial charge is 0.289 e. The van der Waals surface area contributed by atoms with Crippen LogP contribution < -0.4 is 5.32 Å². The summed E-state index contributed by atoms with van der Waals surface area (Å²) in [6.07, 6.45) is -0.566. The van der Waals surface area contributed by atoms with Gasteiger partial charge in [-0.05, 0) is 6.07 Å². The van der Waals surface area contributed by atoms with Crippen LogP contribution in [0.4, 0.5) is 5.69 Å². The number of nitro groups is 1. The van der Waals surface area contributed by atoms with E-state index in [1.54, 1.807) is 0 Å². The zero-order valence-electron chi connectivity index (χ0n) is 12.3. The lowest BCUT2D eigenvalue weighted by Gasteiger charge is -2.45. The highest BCUT2D eigenvalue weighted by Crippen LogP contribution is 2.27. The number of nitrogens with zero attached hydrogens (tertiary/aromatic N) is 3. The molecule has 0 spiro atoms. The molecule has 2 N–H and O–H groups in total. The molecule has 3 rings (SSSR count). The van der Waals surface area contributed by atoms with E-state index in [1.807, 2.05) is 4.90 Å². The molecule has 23 heavy (non-hydrogen) atoms. The summed E-state index contributed by atoms with van der Waals surface area (Å²) >= 11 is 0. The molecule has 10 heteroatoms. The van der Waals surface area contributed by atoms with Gasteiger partial charge in [0.25, 0.3) is 5.69 Å². The van der Waals surface area contributed by atoms with E-state index in [0.29, 0.717) is 19.6 Å². The van der Waals surface area contributed by atoms with Crippen LogP contribution in [0.15, 0.2) is 29.2 Å². The lowest BCUT2D eigenvalue weighted by molar-refractivity contribution is -0.387. The van der Waals surface area contributed by atoms with Crippen LogP contribution >= 0.6 is 0 Å². The second kappa shape index (κ2) is 6.13. The summed E-state index contributed by atoms with van der Waals surface area (Å²) in [7, 11) is -3.94. The highest BCUT2D eigenvalue weighted by Gasteiger charge is 2.38. The van der Waals surface area contributed by atoms with Gasteiger partial charge in [0.15, 0.2) is 4.90 Å². The van der Waals surface area contributed by atoms with E-state index in [2.05, 4.69) is 5.32 Å². The Kier molecular flexibility index (Phi) is 4.34. The Morgan fingerprint density at radius 3 is 2.61 bits per heavy atom. The molecule has 126 valence electrons. The summed E-state index contributed by atoms with van der Waals surface area (Å²) in [5.41, 5.74) is -0.415. The van der Waals surface area contributed by atoms with Gasteiger partial charge in [-0.1, -0.05) is 12.1 Å². The normalized spacial score (nSPS) is 24.3. The Morgan fingerprint density at radius 2 is 1.96 bits per heavy atom. The molecular formula is C13H18N4O5S. The van der Waals surface area contributed by atoms with Crippen LogP contribution in [-0.4, -0.2) is 72.6 Å². The van der Waals surface area contributed by atoms with Crippen molar-refractivity contribution >= 4 is 15.7 Å². The third-order valence-electron chi connectivity index (χ3n) is 4.13. The summed E-state index contributed by atoms with van der Waals surface area (Å²) in [4.78, 5) is 12.1. The second-order valence-corrected chi connectivity index (χ2v) is 7.57. The third-order valence-corrected chi connectivity index (χ3v) is 6.04. The molecule has 0 radical (unpaired) electrons. The Balaban J connectivity index is 1.83. The first kappa shape index (κ1) is 16.3. The highest BCUT2D eigenvalue weighted by atomic mass is 32.2. The molecule has 9 nitrogen and oxygen atoms in total. The summed E-state index contributed by atoms with van der Waals surface area (Å²) in [5.74, 6) is 0. The van der Waals surface area contributed by atoms with Crippen LogP contribution in [-0.2, 0) is 10.0 Å². The van der Waals surface area contributed by atoms with Crippen molar-refractivity contribution in [2.45, 2.75) is 17.2 Å². The van der Waals surface area contributed by atoms with Crippen LogP contribution in [0.1, 0.15) is 0 Å². The van der Waals surface area contributed by atoms with Crippen LogP contribution in [0.3, 0.4) is 0 Å². The van der Waals surface area contributed by atoms with E-state index in [0.717, 1.165) is 0 Å². The number of nitro benzene ring substituents is 1. The predicted octanol–water partition coefficient (Wildman–Crippen LogP) is -0.809. The van der Waals surface area contributed by atoms with Crippen molar-refractivity contribution in [2.24, 2.45) is 0 Å². The summed E-state index contributed by atoms with van der Waals surface area (Å²) in [5, 5.41) is 23.7. The fraction of sp³-hybridized carbons (Fsp3) is 0.538. The largest absolute Gasteiger partial charge is 0.390 e. The number of benzene rings is 1. The maximum Gasteiger partial charge on any atom is 0.289 e. The minimum atomic E-state index is -3.94. The van der Waals surface area contributed by atoms with Crippen molar-refractivity contribution in [3.05, 3.63) is 34.4 Å². The van der Waals surface area contributed by atoms with Crippen molar-refractivity contribution in [1.29, 1.82) is 0 Å². The van der Waals surface area contributed by atoms with Crippen LogP contribution in [0.2, 0.25) is 0 Å². The first-order chi connectivity index (χ1) is 10.9. The number of aliphatic hydroxyl groups is 1. The van der Waals surface area contributed by atoms with Crippen molar-refractivity contribution in [1.82, 2.24) is 14.5 Å². The van der Waals surface area contributed by atoms with Gasteiger partial charge < -0.3 is 5.11 Å². The van der Waals surface area contributed by atoms with Gasteiger partial charge in [0, 0.05) is 38.8 Å². The minimum absolute atomic E-state index is 0.190. The quantitative estimate of drug-likeness (QED) is 0.543. The molecule has 0 aromatic heterocycles. The monoisotopic (exact) mass is 342 g/mol. The van der Waals surface area contributed by atoms with E-state index >= 15 is 0 Å². The van der Waals surface area contributed by atoms with Crippen LogP contribution in [0.5, 0.6) is 0 Å². The molecule has 0 saturated carbocycles. The molecule has 2 aliphatic heterocycles. The first-order valence-electron chi connectivity index (χ1n) is 7.28. The molecule has 2 aliphatic rings. The number of para-hydroxylation sites is 1. The fourth-order valence-corrected chi connectivity index (χ4v) is 4.48. The van der Waals surface area contributed by atoms with Crippen molar-refractivity contribution < 1.29 is 18.4 Å². The lowest BCUT2D eigenvalue weighted by atomic mass is 10.1.